The van der Waals surface area contributed by atoms with Crippen molar-refractivity contribution in [1.82, 2.24) is 20.3 Å². The number of anilines is 1. The van der Waals surface area contributed by atoms with Crippen molar-refractivity contribution in [1.29, 1.82) is 0 Å². The van der Waals surface area contributed by atoms with Gasteiger partial charge in [0.1, 0.15) is 17.8 Å². The SMILES string of the molecule is c1nc(N2CCNCC2)c2c3c([nH]c2n1)CCCC3. The molecule has 19 heavy (non-hydrogen) atoms. The fourth-order valence-electron chi connectivity index (χ4n) is 3.33. The summed E-state index contributed by atoms with van der Waals surface area (Å²) in [5.41, 5.74) is 3.88. The van der Waals surface area contributed by atoms with Crippen LogP contribution in [0.15, 0.2) is 6.33 Å². The average Bonchev–Trinajstić information content (AvgIpc) is 2.86. The third-order valence-corrected chi connectivity index (χ3v) is 4.28. The fraction of sp³-hybridized carbons (Fsp3) is 0.571. The van der Waals surface area contributed by atoms with Crippen molar-refractivity contribution in [3.63, 3.8) is 0 Å². The van der Waals surface area contributed by atoms with E-state index >= 15 is 0 Å². The summed E-state index contributed by atoms with van der Waals surface area (Å²) in [6.45, 7) is 4.15. The van der Waals surface area contributed by atoms with Gasteiger partial charge in [-0.25, -0.2) is 9.97 Å². The summed E-state index contributed by atoms with van der Waals surface area (Å²) in [4.78, 5) is 14.9. The molecule has 0 saturated carbocycles. The fourth-order valence-corrected chi connectivity index (χ4v) is 3.33. The first-order chi connectivity index (χ1) is 9.43. The molecule has 0 aromatic carbocycles. The molecule has 0 spiro atoms. The summed E-state index contributed by atoms with van der Waals surface area (Å²) in [5, 5.41) is 4.67. The number of aromatic amines is 1. The molecule has 0 radical (unpaired) electrons. The number of aromatic nitrogens is 3. The maximum Gasteiger partial charge on any atom is 0.143 e. The van der Waals surface area contributed by atoms with Crippen LogP contribution < -0.4 is 10.2 Å². The summed E-state index contributed by atoms with van der Waals surface area (Å²) in [7, 11) is 0. The summed E-state index contributed by atoms with van der Waals surface area (Å²) < 4.78 is 0. The minimum Gasteiger partial charge on any atom is -0.353 e. The number of H-pyrrole nitrogens is 1. The van der Waals surface area contributed by atoms with Crippen LogP contribution in [0.25, 0.3) is 11.0 Å². The van der Waals surface area contributed by atoms with Crippen molar-refractivity contribution >= 4 is 16.9 Å². The van der Waals surface area contributed by atoms with Crippen LogP contribution in [-0.2, 0) is 12.8 Å². The highest BCUT2D eigenvalue weighted by molar-refractivity contribution is 5.92. The molecule has 2 N–H and O–H groups in total. The second kappa shape index (κ2) is 4.49. The standard InChI is InChI=1S/C14H19N5/c1-2-4-11-10(3-1)12-13(18-11)16-9-17-14(12)19-7-5-15-6-8-19/h9,15H,1-8H2,(H,16,17,18). The van der Waals surface area contributed by atoms with Crippen molar-refractivity contribution in [2.45, 2.75) is 25.7 Å². The maximum atomic E-state index is 4.58. The lowest BCUT2D eigenvalue weighted by Crippen LogP contribution is -2.44. The minimum atomic E-state index is 1.02. The van der Waals surface area contributed by atoms with Gasteiger partial charge >= 0.3 is 0 Å². The van der Waals surface area contributed by atoms with Crippen molar-refractivity contribution in [2.24, 2.45) is 0 Å². The van der Waals surface area contributed by atoms with Gasteiger partial charge in [0.15, 0.2) is 0 Å². The number of nitrogens with one attached hydrogen (secondary N) is 2. The van der Waals surface area contributed by atoms with Crippen molar-refractivity contribution < 1.29 is 0 Å². The van der Waals surface area contributed by atoms with Gasteiger partial charge in [0.05, 0.1) is 5.39 Å². The highest BCUT2D eigenvalue weighted by Crippen LogP contribution is 2.33. The van der Waals surface area contributed by atoms with E-state index in [9.17, 15) is 0 Å². The molecule has 2 aromatic heterocycles. The monoisotopic (exact) mass is 257 g/mol. The van der Waals surface area contributed by atoms with Crippen LogP contribution in [0.3, 0.4) is 0 Å². The molecule has 1 fully saturated rings. The Kier molecular flexibility index (Phi) is 2.65. The predicted octanol–water partition coefficient (Wildman–Crippen LogP) is 1.25. The zero-order chi connectivity index (χ0) is 12.7. The Balaban J connectivity index is 1.87. The lowest BCUT2D eigenvalue weighted by molar-refractivity contribution is 0.586. The lowest BCUT2D eigenvalue weighted by Gasteiger charge is -2.29. The number of hydrogen-bond acceptors (Lipinski definition) is 4. The Morgan fingerprint density at radius 2 is 1.89 bits per heavy atom. The molecule has 2 aliphatic rings. The average molecular weight is 257 g/mol. The first-order valence-corrected chi connectivity index (χ1v) is 7.23. The van der Waals surface area contributed by atoms with E-state index in [1.54, 1.807) is 6.33 Å². The van der Waals surface area contributed by atoms with E-state index in [0.29, 0.717) is 0 Å². The zero-order valence-electron chi connectivity index (χ0n) is 11.1. The lowest BCUT2D eigenvalue weighted by atomic mass is 9.96. The number of piperazine rings is 1. The van der Waals surface area contributed by atoms with Crippen molar-refractivity contribution in [3.05, 3.63) is 17.6 Å². The predicted molar refractivity (Wildman–Crippen MR) is 75.6 cm³/mol. The number of aryl methyl sites for hydroxylation is 2. The van der Waals surface area contributed by atoms with Gasteiger partial charge in [-0.1, -0.05) is 0 Å². The number of fused-ring (bicyclic) bond motifs is 3. The van der Waals surface area contributed by atoms with Crippen molar-refractivity contribution in [2.75, 3.05) is 31.1 Å². The van der Waals surface area contributed by atoms with E-state index in [-0.39, 0.29) is 0 Å². The number of hydrogen-bond donors (Lipinski definition) is 2. The van der Waals surface area contributed by atoms with Gasteiger partial charge in [0.25, 0.3) is 0 Å². The molecule has 5 nitrogen and oxygen atoms in total. The van der Waals surface area contributed by atoms with E-state index in [0.717, 1.165) is 44.1 Å². The Bertz CT molecular complexity index is 597. The number of nitrogens with zero attached hydrogens (tertiary/aromatic N) is 3. The van der Waals surface area contributed by atoms with Crippen LogP contribution in [0.4, 0.5) is 5.82 Å². The van der Waals surface area contributed by atoms with Gasteiger partial charge in [-0.2, -0.15) is 0 Å². The normalized spacial score (nSPS) is 19.7. The molecule has 3 heterocycles. The van der Waals surface area contributed by atoms with E-state index in [1.165, 1.54) is 35.9 Å². The first-order valence-electron chi connectivity index (χ1n) is 7.23. The third kappa shape index (κ3) is 1.80. The molecule has 0 unspecified atom stereocenters. The van der Waals surface area contributed by atoms with Gasteiger partial charge in [-0.15, -0.1) is 0 Å². The topological polar surface area (TPSA) is 56.8 Å². The molecule has 0 atom stereocenters. The molecule has 4 rings (SSSR count). The van der Waals surface area contributed by atoms with E-state index < -0.39 is 0 Å². The third-order valence-electron chi connectivity index (χ3n) is 4.28. The molecule has 1 aliphatic carbocycles. The van der Waals surface area contributed by atoms with Crippen LogP contribution in [0.2, 0.25) is 0 Å². The first kappa shape index (κ1) is 11.2. The quantitative estimate of drug-likeness (QED) is 0.807. The molecule has 0 bridgehead atoms. The van der Waals surface area contributed by atoms with Gasteiger partial charge < -0.3 is 15.2 Å². The Labute approximate surface area is 112 Å². The molecular weight excluding hydrogens is 238 g/mol. The maximum absolute atomic E-state index is 4.58. The molecule has 0 amide bonds. The zero-order valence-corrected chi connectivity index (χ0v) is 11.1. The van der Waals surface area contributed by atoms with E-state index in [2.05, 4.69) is 25.2 Å². The number of rotatable bonds is 1. The molecule has 5 heteroatoms. The molecule has 2 aromatic rings. The Morgan fingerprint density at radius 1 is 1.05 bits per heavy atom. The second-order valence-electron chi connectivity index (χ2n) is 5.45. The summed E-state index contributed by atoms with van der Waals surface area (Å²) in [5.74, 6) is 1.13. The second-order valence-corrected chi connectivity index (χ2v) is 5.45. The van der Waals surface area contributed by atoms with E-state index in [4.69, 9.17) is 0 Å². The van der Waals surface area contributed by atoms with Crippen molar-refractivity contribution in [3.8, 4) is 0 Å². The summed E-state index contributed by atoms with van der Waals surface area (Å²) >= 11 is 0. The van der Waals surface area contributed by atoms with Crippen LogP contribution in [0.5, 0.6) is 0 Å². The van der Waals surface area contributed by atoms with Crippen LogP contribution >= 0.6 is 0 Å². The molecule has 100 valence electrons. The highest BCUT2D eigenvalue weighted by atomic mass is 15.2. The van der Waals surface area contributed by atoms with E-state index in [1.807, 2.05) is 0 Å². The molecule has 1 aliphatic heterocycles. The van der Waals surface area contributed by atoms with Gasteiger partial charge in [-0.3, -0.25) is 0 Å². The summed E-state index contributed by atoms with van der Waals surface area (Å²) in [6.07, 6.45) is 6.60. The van der Waals surface area contributed by atoms with Gasteiger partial charge in [0.2, 0.25) is 0 Å². The Hall–Kier alpha value is -1.62. The van der Waals surface area contributed by atoms with Crippen LogP contribution in [0.1, 0.15) is 24.1 Å². The minimum absolute atomic E-state index is 1.02. The molecular formula is C14H19N5. The van der Waals surface area contributed by atoms with Gasteiger partial charge in [-0.05, 0) is 31.2 Å². The van der Waals surface area contributed by atoms with Crippen LogP contribution in [-0.4, -0.2) is 41.1 Å². The highest BCUT2D eigenvalue weighted by Gasteiger charge is 2.22. The van der Waals surface area contributed by atoms with Crippen LogP contribution in [0, 0.1) is 0 Å². The smallest absolute Gasteiger partial charge is 0.143 e. The largest absolute Gasteiger partial charge is 0.353 e. The van der Waals surface area contributed by atoms with Gasteiger partial charge in [0, 0.05) is 31.9 Å². The summed E-state index contributed by atoms with van der Waals surface area (Å²) in [6, 6.07) is 0. The Morgan fingerprint density at radius 3 is 2.79 bits per heavy atom. The molecule has 1 saturated heterocycles.